The smallest absolute Gasteiger partial charge is 0.0457 e. The van der Waals surface area contributed by atoms with E-state index in [1.807, 2.05) is 0 Å². The second-order valence-electron chi connectivity index (χ2n) is 17.1. The van der Waals surface area contributed by atoms with Crippen molar-refractivity contribution in [2.24, 2.45) is 10.8 Å². The van der Waals surface area contributed by atoms with Crippen LogP contribution in [0.4, 0.5) is 11.4 Å². The van der Waals surface area contributed by atoms with E-state index < -0.39 is 0 Å². The third-order valence-electron chi connectivity index (χ3n) is 11.4. The highest BCUT2D eigenvalue weighted by molar-refractivity contribution is 5.86. The van der Waals surface area contributed by atoms with Crippen molar-refractivity contribution in [3.63, 3.8) is 0 Å². The summed E-state index contributed by atoms with van der Waals surface area (Å²) < 4.78 is 0. The van der Waals surface area contributed by atoms with Gasteiger partial charge in [0.05, 0.1) is 0 Å². The number of benzene rings is 3. The highest BCUT2D eigenvalue weighted by Crippen LogP contribution is 2.55. The third-order valence-corrected chi connectivity index (χ3v) is 11.4. The largest absolute Gasteiger partial charge is 0.336 e. The number of fused-ring (bicyclic) bond motifs is 3. The zero-order chi connectivity index (χ0) is 30.1. The maximum Gasteiger partial charge on any atom is 0.0457 e. The van der Waals surface area contributed by atoms with Gasteiger partial charge in [-0.2, -0.15) is 0 Å². The highest BCUT2D eigenvalue weighted by Gasteiger charge is 2.40. The summed E-state index contributed by atoms with van der Waals surface area (Å²) in [6.07, 6.45) is 10.4. The van der Waals surface area contributed by atoms with Crippen molar-refractivity contribution in [2.75, 3.05) is 4.90 Å². The van der Waals surface area contributed by atoms with E-state index in [4.69, 9.17) is 0 Å². The lowest BCUT2D eigenvalue weighted by Crippen LogP contribution is -2.39. The van der Waals surface area contributed by atoms with E-state index in [1.165, 1.54) is 85.0 Å². The molecule has 0 spiro atoms. The summed E-state index contributed by atoms with van der Waals surface area (Å²) in [4.78, 5) is 2.76. The van der Waals surface area contributed by atoms with Crippen LogP contribution < -0.4 is 4.90 Å². The van der Waals surface area contributed by atoms with Gasteiger partial charge in [-0.1, -0.05) is 90.1 Å². The topological polar surface area (TPSA) is 3.24 Å². The summed E-state index contributed by atoms with van der Waals surface area (Å²) in [5, 5.41) is 0. The molecule has 1 nitrogen and oxygen atoms in total. The van der Waals surface area contributed by atoms with Gasteiger partial charge in [0.25, 0.3) is 0 Å². The Hall–Kier alpha value is -2.54. The molecule has 42 heavy (non-hydrogen) atoms. The van der Waals surface area contributed by atoms with Gasteiger partial charge in [0.1, 0.15) is 0 Å². The molecule has 0 aromatic heterocycles. The molecule has 0 saturated heterocycles. The van der Waals surface area contributed by atoms with Gasteiger partial charge in [-0.25, -0.2) is 0 Å². The molecule has 2 fully saturated rings. The Morgan fingerprint density at radius 1 is 0.571 bits per heavy atom. The van der Waals surface area contributed by atoms with E-state index >= 15 is 0 Å². The minimum atomic E-state index is -0.0609. The van der Waals surface area contributed by atoms with Crippen LogP contribution in [0.15, 0.2) is 60.7 Å². The molecule has 6 rings (SSSR count). The van der Waals surface area contributed by atoms with E-state index in [-0.39, 0.29) is 11.0 Å². The van der Waals surface area contributed by atoms with E-state index in [0.29, 0.717) is 22.7 Å². The molecule has 3 aromatic rings. The van der Waals surface area contributed by atoms with Crippen LogP contribution in [0.25, 0.3) is 11.1 Å². The van der Waals surface area contributed by atoms with Crippen molar-refractivity contribution < 1.29 is 0 Å². The highest BCUT2D eigenvalue weighted by atomic mass is 15.2. The predicted octanol–water partition coefficient (Wildman–Crippen LogP) is 12.3. The molecule has 0 N–H and O–H groups in total. The maximum absolute atomic E-state index is 2.76. The Balaban J connectivity index is 1.55. The zero-order valence-corrected chi connectivity index (χ0v) is 28.0. The first-order chi connectivity index (χ1) is 19.7. The quantitative estimate of drug-likeness (QED) is 0.306. The molecule has 3 aliphatic carbocycles. The van der Waals surface area contributed by atoms with Crippen LogP contribution in [0.1, 0.15) is 148 Å². The van der Waals surface area contributed by atoms with Gasteiger partial charge < -0.3 is 4.90 Å². The molecule has 0 amide bonds. The maximum atomic E-state index is 2.76. The molecule has 3 aromatic carbocycles. The molecule has 0 bridgehead atoms. The first-order valence-electron chi connectivity index (χ1n) is 16.9. The van der Waals surface area contributed by atoms with Crippen molar-refractivity contribution in [1.82, 2.24) is 0 Å². The Morgan fingerprint density at radius 2 is 1.10 bits per heavy atom. The van der Waals surface area contributed by atoms with E-state index in [2.05, 4.69) is 128 Å². The predicted molar refractivity (Wildman–Crippen MR) is 182 cm³/mol. The summed E-state index contributed by atoms with van der Waals surface area (Å²) in [6, 6.07) is 23.9. The molecule has 1 heteroatoms. The molecule has 3 aliphatic rings. The third kappa shape index (κ3) is 5.24. The minimum Gasteiger partial charge on any atom is -0.336 e. The summed E-state index contributed by atoms with van der Waals surface area (Å²) in [7, 11) is 0. The molecule has 0 unspecified atom stereocenters. The fourth-order valence-electron chi connectivity index (χ4n) is 8.58. The molecule has 0 atom stereocenters. The molecule has 2 saturated carbocycles. The molecular formula is C41H55N. The lowest BCUT2D eigenvalue weighted by Gasteiger charge is -2.44. The monoisotopic (exact) mass is 561 g/mol. The van der Waals surface area contributed by atoms with E-state index in [9.17, 15) is 0 Å². The minimum absolute atomic E-state index is 0.0204. The SMILES string of the molecule is CC1(C)CCC(c2ccccc2N(c2cc3c(cc2C2CCC(C)(C)CC2)C(C)(C)c2ccccc2-3)C(C)(C)C)CC1. The molecular weight excluding hydrogens is 506 g/mol. The first-order valence-corrected chi connectivity index (χ1v) is 16.9. The summed E-state index contributed by atoms with van der Waals surface area (Å²) >= 11 is 0. The van der Waals surface area contributed by atoms with E-state index in [1.54, 1.807) is 11.1 Å². The van der Waals surface area contributed by atoms with Crippen molar-refractivity contribution in [3.05, 3.63) is 82.9 Å². The number of hydrogen-bond acceptors (Lipinski definition) is 1. The van der Waals surface area contributed by atoms with Crippen molar-refractivity contribution in [2.45, 2.75) is 136 Å². The Labute approximate surface area is 257 Å². The van der Waals surface area contributed by atoms with Crippen LogP contribution in [-0.2, 0) is 5.41 Å². The van der Waals surface area contributed by atoms with Gasteiger partial charge in [-0.15, -0.1) is 0 Å². The number of nitrogens with zero attached hydrogens (tertiary/aromatic N) is 1. The number of anilines is 2. The van der Waals surface area contributed by atoms with Crippen LogP contribution in [-0.4, -0.2) is 5.54 Å². The zero-order valence-electron chi connectivity index (χ0n) is 28.0. The Kier molecular flexibility index (Phi) is 7.23. The van der Waals surface area contributed by atoms with Gasteiger partial charge in [0.2, 0.25) is 0 Å². The van der Waals surface area contributed by atoms with Crippen LogP contribution in [0.3, 0.4) is 0 Å². The first kappa shape index (κ1) is 29.5. The van der Waals surface area contributed by atoms with E-state index in [0.717, 1.165) is 0 Å². The molecule has 224 valence electrons. The fraction of sp³-hybridized carbons (Fsp3) is 0.561. The summed E-state index contributed by atoms with van der Waals surface area (Å²) in [5.74, 6) is 1.23. The number of para-hydroxylation sites is 1. The second-order valence-corrected chi connectivity index (χ2v) is 17.1. The standard InChI is InChI=1S/C41H55N/c1-38(2,3)42(36-17-13-11-14-30(36)28-18-22-39(4,5)23-19-28)37-27-33-31-15-10-12-16-34(31)41(8,9)35(33)26-32(37)29-20-24-40(6,7)25-21-29/h10-17,26-29H,18-25H2,1-9H3. The van der Waals surface area contributed by atoms with Gasteiger partial charge >= 0.3 is 0 Å². The van der Waals surface area contributed by atoms with Crippen molar-refractivity contribution in [1.29, 1.82) is 0 Å². The van der Waals surface area contributed by atoms with Crippen molar-refractivity contribution >= 4 is 11.4 Å². The van der Waals surface area contributed by atoms with Crippen LogP contribution in [0, 0.1) is 10.8 Å². The van der Waals surface area contributed by atoms with Gasteiger partial charge in [-0.05, 0) is 140 Å². The second kappa shape index (κ2) is 10.3. The Morgan fingerprint density at radius 3 is 1.69 bits per heavy atom. The van der Waals surface area contributed by atoms with Gasteiger partial charge in [0, 0.05) is 22.3 Å². The average Bonchev–Trinajstić information content (AvgIpc) is 3.14. The molecule has 0 heterocycles. The van der Waals surface area contributed by atoms with Gasteiger partial charge in [-0.3, -0.25) is 0 Å². The number of rotatable bonds is 4. The van der Waals surface area contributed by atoms with Gasteiger partial charge in [0.15, 0.2) is 0 Å². The lowest BCUT2D eigenvalue weighted by molar-refractivity contribution is 0.224. The van der Waals surface area contributed by atoms with Crippen LogP contribution in [0.2, 0.25) is 0 Å². The molecule has 0 aliphatic heterocycles. The molecule has 0 radical (unpaired) electrons. The average molecular weight is 562 g/mol. The van der Waals surface area contributed by atoms with Crippen molar-refractivity contribution in [3.8, 4) is 11.1 Å². The summed E-state index contributed by atoms with van der Waals surface area (Å²) in [6.45, 7) is 22.0. The van der Waals surface area contributed by atoms with Crippen LogP contribution in [0.5, 0.6) is 0 Å². The lowest BCUT2D eigenvalue weighted by atomic mass is 9.70. The normalized spacial score (nSPS) is 21.5. The fourth-order valence-corrected chi connectivity index (χ4v) is 8.58. The number of hydrogen-bond donors (Lipinski definition) is 0. The summed E-state index contributed by atoms with van der Waals surface area (Å²) in [5.41, 5.74) is 12.7. The Bertz CT molecular complexity index is 1440. The van der Waals surface area contributed by atoms with Crippen LogP contribution >= 0.6 is 0 Å².